The molecule has 0 radical (unpaired) electrons. The van der Waals surface area contributed by atoms with Crippen molar-refractivity contribution in [3.63, 3.8) is 0 Å². The molecule has 1 unspecified atom stereocenters. The number of benzene rings is 1. The molecule has 1 aromatic heterocycles. The fourth-order valence-electron chi connectivity index (χ4n) is 2.27. The van der Waals surface area contributed by atoms with Gasteiger partial charge in [0.05, 0.1) is 12.6 Å². The van der Waals surface area contributed by atoms with E-state index < -0.39 is 12.0 Å². The number of nitrogens with one attached hydrogen (secondary N) is 1. The summed E-state index contributed by atoms with van der Waals surface area (Å²) in [6.07, 6.45) is 0.655. The summed E-state index contributed by atoms with van der Waals surface area (Å²) in [5.41, 5.74) is 2.04. The quantitative estimate of drug-likeness (QED) is 0.938. The number of hydrogen-bond donors (Lipinski definition) is 1. The highest BCUT2D eigenvalue weighted by molar-refractivity contribution is 5.54. The van der Waals surface area contributed by atoms with Gasteiger partial charge in [-0.05, 0) is 12.0 Å². The normalized spacial score (nSPS) is 21.2. The lowest BCUT2D eigenvalue weighted by atomic mass is 10.1. The third kappa shape index (κ3) is 2.56. The van der Waals surface area contributed by atoms with Gasteiger partial charge < -0.3 is 4.52 Å². The fraction of sp³-hybridized carbons (Fsp3) is 0.429. The lowest BCUT2D eigenvalue weighted by molar-refractivity contribution is 0.0200. The Bertz CT molecular complexity index is 595. The molecule has 0 amide bonds. The minimum atomic E-state index is -2.71. The summed E-state index contributed by atoms with van der Waals surface area (Å²) in [4.78, 5) is 4.21. The van der Waals surface area contributed by atoms with Crippen molar-refractivity contribution in [1.29, 1.82) is 0 Å². The molecule has 4 nitrogen and oxygen atoms in total. The van der Waals surface area contributed by atoms with E-state index in [9.17, 15) is 8.78 Å². The van der Waals surface area contributed by atoms with Crippen molar-refractivity contribution in [2.75, 3.05) is 6.54 Å². The van der Waals surface area contributed by atoms with Crippen LogP contribution in [-0.4, -0.2) is 22.6 Å². The lowest BCUT2D eigenvalue weighted by Crippen LogP contribution is -2.19. The highest BCUT2D eigenvalue weighted by Gasteiger charge is 2.42. The molecule has 2 aromatic rings. The third-order valence-electron chi connectivity index (χ3n) is 3.47. The molecule has 2 heterocycles. The minimum absolute atomic E-state index is 0.219. The SMILES string of the molecule is CCc1ccc(-c2noc(C3CC(F)(F)CN3)n2)cc1. The highest BCUT2D eigenvalue weighted by atomic mass is 19.3. The van der Waals surface area contributed by atoms with Crippen LogP contribution >= 0.6 is 0 Å². The zero-order valence-corrected chi connectivity index (χ0v) is 11.1. The average Bonchev–Trinajstić information content (AvgIpc) is 3.05. The van der Waals surface area contributed by atoms with E-state index >= 15 is 0 Å². The Labute approximate surface area is 115 Å². The van der Waals surface area contributed by atoms with E-state index in [-0.39, 0.29) is 18.9 Å². The monoisotopic (exact) mass is 279 g/mol. The van der Waals surface area contributed by atoms with Crippen LogP contribution in [0.15, 0.2) is 28.8 Å². The molecule has 1 fully saturated rings. The van der Waals surface area contributed by atoms with Gasteiger partial charge in [0.15, 0.2) is 0 Å². The predicted molar refractivity (Wildman–Crippen MR) is 69.4 cm³/mol. The second-order valence-electron chi connectivity index (χ2n) is 5.00. The molecule has 20 heavy (non-hydrogen) atoms. The molecule has 3 rings (SSSR count). The number of nitrogens with zero attached hydrogens (tertiary/aromatic N) is 2. The zero-order valence-electron chi connectivity index (χ0n) is 11.1. The number of aryl methyl sites for hydroxylation is 1. The van der Waals surface area contributed by atoms with Gasteiger partial charge in [0.25, 0.3) is 5.92 Å². The minimum Gasteiger partial charge on any atom is -0.337 e. The first-order chi connectivity index (χ1) is 9.57. The van der Waals surface area contributed by atoms with E-state index in [1.165, 1.54) is 5.56 Å². The van der Waals surface area contributed by atoms with E-state index in [0.29, 0.717) is 5.82 Å². The fourth-order valence-corrected chi connectivity index (χ4v) is 2.27. The molecular formula is C14H15F2N3O. The van der Waals surface area contributed by atoms with Crippen molar-refractivity contribution in [3.05, 3.63) is 35.7 Å². The van der Waals surface area contributed by atoms with E-state index in [1.807, 2.05) is 24.3 Å². The third-order valence-corrected chi connectivity index (χ3v) is 3.47. The Morgan fingerprint density at radius 1 is 1.35 bits per heavy atom. The molecule has 0 aliphatic carbocycles. The van der Waals surface area contributed by atoms with Crippen molar-refractivity contribution < 1.29 is 13.3 Å². The van der Waals surface area contributed by atoms with E-state index in [4.69, 9.17) is 4.52 Å². The Kier molecular flexibility index (Phi) is 3.25. The highest BCUT2D eigenvalue weighted by Crippen LogP contribution is 2.33. The summed E-state index contributed by atoms with van der Waals surface area (Å²) in [6.45, 7) is 1.73. The Hall–Kier alpha value is -1.82. The topological polar surface area (TPSA) is 51.0 Å². The summed E-state index contributed by atoms with van der Waals surface area (Å²) in [6, 6.07) is 7.23. The van der Waals surface area contributed by atoms with Gasteiger partial charge in [-0.25, -0.2) is 8.78 Å². The van der Waals surface area contributed by atoms with Crippen LogP contribution in [0.3, 0.4) is 0 Å². The van der Waals surface area contributed by atoms with Crippen LogP contribution < -0.4 is 5.32 Å². The molecule has 6 heteroatoms. The Morgan fingerprint density at radius 3 is 2.70 bits per heavy atom. The maximum Gasteiger partial charge on any atom is 0.262 e. The summed E-state index contributed by atoms with van der Waals surface area (Å²) in [7, 11) is 0. The second kappa shape index (κ2) is 4.94. The Balaban J connectivity index is 1.79. The summed E-state index contributed by atoms with van der Waals surface area (Å²) >= 11 is 0. The predicted octanol–water partition coefficient (Wildman–Crippen LogP) is 2.97. The standard InChI is InChI=1S/C14H15F2N3O/c1-2-9-3-5-10(6-4-9)12-18-13(20-19-12)11-7-14(15,16)8-17-11/h3-6,11,17H,2,7-8H2,1H3. The van der Waals surface area contributed by atoms with Crippen LogP contribution in [0.25, 0.3) is 11.4 Å². The molecule has 0 saturated carbocycles. The van der Waals surface area contributed by atoms with Gasteiger partial charge in [-0.15, -0.1) is 0 Å². The van der Waals surface area contributed by atoms with Gasteiger partial charge in [0.2, 0.25) is 11.7 Å². The van der Waals surface area contributed by atoms with E-state index in [1.54, 1.807) is 0 Å². The maximum atomic E-state index is 13.1. The number of alkyl halides is 2. The first kappa shape index (κ1) is 13.2. The van der Waals surface area contributed by atoms with Crippen LogP contribution in [0.4, 0.5) is 8.78 Å². The van der Waals surface area contributed by atoms with Crippen LogP contribution in [0, 0.1) is 0 Å². The van der Waals surface area contributed by atoms with Crippen molar-refractivity contribution in [2.24, 2.45) is 0 Å². The first-order valence-corrected chi connectivity index (χ1v) is 6.61. The lowest BCUT2D eigenvalue weighted by Gasteiger charge is -2.04. The van der Waals surface area contributed by atoms with Gasteiger partial charge in [-0.2, -0.15) is 4.98 Å². The average molecular weight is 279 g/mol. The molecule has 1 aliphatic rings. The van der Waals surface area contributed by atoms with Gasteiger partial charge in [0, 0.05) is 12.0 Å². The summed E-state index contributed by atoms with van der Waals surface area (Å²) in [5.74, 6) is -2.06. The largest absolute Gasteiger partial charge is 0.337 e. The Morgan fingerprint density at radius 2 is 2.10 bits per heavy atom. The van der Waals surface area contributed by atoms with Gasteiger partial charge in [-0.1, -0.05) is 36.3 Å². The first-order valence-electron chi connectivity index (χ1n) is 6.61. The molecular weight excluding hydrogens is 264 g/mol. The summed E-state index contributed by atoms with van der Waals surface area (Å²) in [5, 5.41) is 6.56. The number of halogens is 2. The molecule has 1 aliphatic heterocycles. The van der Waals surface area contributed by atoms with Crippen molar-refractivity contribution in [2.45, 2.75) is 31.7 Å². The van der Waals surface area contributed by atoms with Crippen LogP contribution in [0.2, 0.25) is 0 Å². The van der Waals surface area contributed by atoms with E-state index in [0.717, 1.165) is 12.0 Å². The molecule has 1 atom stereocenters. The molecule has 1 saturated heterocycles. The molecule has 1 N–H and O–H groups in total. The zero-order chi connectivity index (χ0) is 14.2. The van der Waals surface area contributed by atoms with Crippen molar-refractivity contribution >= 4 is 0 Å². The van der Waals surface area contributed by atoms with Crippen LogP contribution in [-0.2, 0) is 6.42 Å². The summed E-state index contributed by atoms with van der Waals surface area (Å²) < 4.78 is 31.4. The van der Waals surface area contributed by atoms with E-state index in [2.05, 4.69) is 22.4 Å². The van der Waals surface area contributed by atoms with Crippen LogP contribution in [0.1, 0.15) is 30.8 Å². The van der Waals surface area contributed by atoms with Crippen molar-refractivity contribution in [3.8, 4) is 11.4 Å². The molecule has 0 spiro atoms. The maximum absolute atomic E-state index is 13.1. The molecule has 106 valence electrons. The smallest absolute Gasteiger partial charge is 0.262 e. The number of rotatable bonds is 3. The molecule has 1 aromatic carbocycles. The number of hydrogen-bond acceptors (Lipinski definition) is 4. The van der Waals surface area contributed by atoms with Gasteiger partial charge >= 0.3 is 0 Å². The van der Waals surface area contributed by atoms with Crippen LogP contribution in [0.5, 0.6) is 0 Å². The molecule has 0 bridgehead atoms. The second-order valence-corrected chi connectivity index (χ2v) is 5.00. The number of aromatic nitrogens is 2. The van der Waals surface area contributed by atoms with Crippen molar-refractivity contribution in [1.82, 2.24) is 15.5 Å². The van der Waals surface area contributed by atoms with Gasteiger partial charge in [-0.3, -0.25) is 5.32 Å². The van der Waals surface area contributed by atoms with Gasteiger partial charge in [0.1, 0.15) is 0 Å².